The lowest BCUT2D eigenvalue weighted by molar-refractivity contribution is -0.137. The molecule has 1 aliphatic rings. The number of halogens is 3. The van der Waals surface area contributed by atoms with Crippen LogP contribution in [0.4, 0.5) is 24.0 Å². The zero-order valence-corrected chi connectivity index (χ0v) is 21.7. The second kappa shape index (κ2) is 9.89. The van der Waals surface area contributed by atoms with Crippen LogP contribution in [0.15, 0.2) is 36.0 Å². The minimum atomic E-state index is -4.78. The Labute approximate surface area is 215 Å². The average Bonchev–Trinajstić information content (AvgIpc) is 3.59. The summed E-state index contributed by atoms with van der Waals surface area (Å²) < 4.78 is 73.9. The van der Waals surface area contributed by atoms with Gasteiger partial charge in [-0.25, -0.2) is 18.4 Å². The molecule has 14 heteroatoms. The van der Waals surface area contributed by atoms with E-state index in [4.69, 9.17) is 4.74 Å². The summed E-state index contributed by atoms with van der Waals surface area (Å²) in [5.74, 6) is -0.569. The molecule has 1 aromatic carbocycles. The first-order valence-electron chi connectivity index (χ1n) is 11.3. The van der Waals surface area contributed by atoms with Gasteiger partial charge in [0, 0.05) is 10.9 Å². The minimum Gasteiger partial charge on any atom is -0.477 e. The van der Waals surface area contributed by atoms with E-state index in [0.717, 1.165) is 23.5 Å². The van der Waals surface area contributed by atoms with E-state index in [1.165, 1.54) is 37.7 Å². The van der Waals surface area contributed by atoms with Gasteiger partial charge in [-0.2, -0.15) is 13.2 Å². The number of thiazole rings is 1. The molecule has 2 N–H and O–H groups in total. The third kappa shape index (κ3) is 6.01. The summed E-state index contributed by atoms with van der Waals surface area (Å²) in [6.07, 6.45) is -0.951. The van der Waals surface area contributed by atoms with Crippen molar-refractivity contribution in [1.29, 1.82) is 0 Å². The van der Waals surface area contributed by atoms with Crippen molar-refractivity contribution in [3.05, 3.63) is 47.2 Å². The Bertz CT molecular complexity index is 1420. The van der Waals surface area contributed by atoms with Crippen LogP contribution in [-0.2, 0) is 26.4 Å². The van der Waals surface area contributed by atoms with E-state index < -0.39 is 44.0 Å². The standard InChI is InChI=1S/C23H24F3N5O4S2/c1-4-35-19-11-27-10-17(28-19)13-5-8-16(15(9-13)23(24,25)26)29-20(32)22(2,3)18-12-36-21(30-18)31-37(33,34)14-6-7-14/h5,8-12,14H,4,6-7H2,1-3H3,(H,29,32)(H,30,31). The molecule has 0 unspecified atom stereocenters. The molecule has 4 rings (SSSR count). The molecule has 0 radical (unpaired) electrons. The van der Waals surface area contributed by atoms with Gasteiger partial charge in [-0.1, -0.05) is 6.07 Å². The summed E-state index contributed by atoms with van der Waals surface area (Å²) in [5, 5.41) is 3.50. The fraction of sp³-hybridized carbons (Fsp3) is 0.391. The highest BCUT2D eigenvalue weighted by Crippen LogP contribution is 2.39. The Morgan fingerprint density at radius 2 is 1.92 bits per heavy atom. The number of ether oxygens (including phenoxy) is 1. The van der Waals surface area contributed by atoms with Crippen molar-refractivity contribution < 1.29 is 31.1 Å². The van der Waals surface area contributed by atoms with E-state index in [0.29, 0.717) is 19.4 Å². The molecule has 198 valence electrons. The van der Waals surface area contributed by atoms with E-state index in [-0.39, 0.29) is 28.0 Å². The molecule has 9 nitrogen and oxygen atoms in total. The maximum atomic E-state index is 14.0. The Hall–Kier alpha value is -3.26. The highest BCUT2D eigenvalue weighted by Gasteiger charge is 2.39. The van der Waals surface area contributed by atoms with Crippen molar-refractivity contribution in [3.63, 3.8) is 0 Å². The molecule has 0 bridgehead atoms. The van der Waals surface area contributed by atoms with E-state index in [2.05, 4.69) is 25.0 Å². The van der Waals surface area contributed by atoms with Crippen LogP contribution in [0.5, 0.6) is 5.88 Å². The minimum absolute atomic E-state index is 0.0958. The summed E-state index contributed by atoms with van der Waals surface area (Å²) in [6, 6.07) is 3.43. The van der Waals surface area contributed by atoms with Gasteiger partial charge in [0.2, 0.25) is 21.8 Å². The highest BCUT2D eigenvalue weighted by molar-refractivity contribution is 7.93. The number of alkyl halides is 3. The molecule has 3 aromatic rings. The molecule has 1 aliphatic carbocycles. The van der Waals surface area contributed by atoms with Crippen molar-refractivity contribution in [1.82, 2.24) is 15.0 Å². The lowest BCUT2D eigenvalue weighted by atomic mass is 9.88. The van der Waals surface area contributed by atoms with Crippen LogP contribution in [-0.4, -0.2) is 41.1 Å². The van der Waals surface area contributed by atoms with Crippen LogP contribution >= 0.6 is 11.3 Å². The van der Waals surface area contributed by atoms with Gasteiger partial charge in [0.1, 0.15) is 0 Å². The average molecular weight is 556 g/mol. The van der Waals surface area contributed by atoms with Crippen molar-refractivity contribution >= 4 is 38.1 Å². The zero-order valence-electron chi connectivity index (χ0n) is 20.1. The molecule has 1 saturated carbocycles. The number of nitrogens with one attached hydrogen (secondary N) is 2. The number of hydrogen-bond acceptors (Lipinski definition) is 8. The number of carbonyl (C=O) groups excluding carboxylic acids is 1. The molecule has 37 heavy (non-hydrogen) atoms. The maximum Gasteiger partial charge on any atom is 0.418 e. The van der Waals surface area contributed by atoms with Gasteiger partial charge in [-0.15, -0.1) is 11.3 Å². The molecular weight excluding hydrogens is 531 g/mol. The number of carbonyl (C=O) groups is 1. The first kappa shape index (κ1) is 26.8. The molecule has 1 amide bonds. The quantitative estimate of drug-likeness (QED) is 0.387. The third-order valence-corrected chi connectivity index (χ3v) is 8.39. The summed E-state index contributed by atoms with van der Waals surface area (Å²) in [4.78, 5) is 25.4. The monoisotopic (exact) mass is 555 g/mol. The molecule has 0 aliphatic heterocycles. The normalized spacial score (nSPS) is 14.3. The Morgan fingerprint density at radius 1 is 1.19 bits per heavy atom. The SMILES string of the molecule is CCOc1cncc(-c2ccc(NC(=O)C(C)(C)c3csc(NS(=O)(=O)C4CC4)n3)c(C(F)(F)F)c2)n1. The number of sulfonamides is 1. The van der Waals surface area contributed by atoms with Gasteiger partial charge in [-0.3, -0.25) is 14.5 Å². The lowest BCUT2D eigenvalue weighted by Gasteiger charge is -2.23. The molecule has 0 saturated heterocycles. The number of nitrogens with zero attached hydrogens (tertiary/aromatic N) is 3. The number of hydrogen-bond donors (Lipinski definition) is 2. The van der Waals surface area contributed by atoms with Crippen molar-refractivity contribution in [2.45, 2.75) is 50.5 Å². The summed E-state index contributed by atoms with van der Waals surface area (Å²) in [7, 11) is -3.54. The Morgan fingerprint density at radius 3 is 2.57 bits per heavy atom. The molecule has 2 heterocycles. The Balaban J connectivity index is 1.58. The largest absolute Gasteiger partial charge is 0.477 e. The first-order chi connectivity index (χ1) is 17.3. The number of amides is 1. The van der Waals surface area contributed by atoms with Crippen LogP contribution in [0.2, 0.25) is 0 Å². The number of rotatable bonds is 9. The van der Waals surface area contributed by atoms with E-state index in [9.17, 15) is 26.4 Å². The number of anilines is 2. The van der Waals surface area contributed by atoms with Crippen molar-refractivity contribution in [2.24, 2.45) is 0 Å². The molecular formula is C23H24F3N5O4S2. The van der Waals surface area contributed by atoms with Gasteiger partial charge in [0.05, 0.1) is 52.3 Å². The molecule has 1 fully saturated rings. The van der Waals surface area contributed by atoms with Crippen LogP contribution in [0.1, 0.15) is 44.9 Å². The number of aromatic nitrogens is 3. The smallest absolute Gasteiger partial charge is 0.418 e. The predicted molar refractivity (Wildman–Crippen MR) is 133 cm³/mol. The van der Waals surface area contributed by atoms with E-state index in [1.54, 1.807) is 6.92 Å². The van der Waals surface area contributed by atoms with Gasteiger partial charge < -0.3 is 10.1 Å². The highest BCUT2D eigenvalue weighted by atomic mass is 32.2. The maximum absolute atomic E-state index is 14.0. The van der Waals surface area contributed by atoms with Gasteiger partial charge in [-0.05, 0) is 45.7 Å². The predicted octanol–water partition coefficient (Wildman–Crippen LogP) is 4.84. The number of benzene rings is 1. The summed E-state index contributed by atoms with van der Waals surface area (Å²) in [6.45, 7) is 5.05. The third-order valence-electron chi connectivity index (χ3n) is 5.68. The molecule has 2 aromatic heterocycles. The van der Waals surface area contributed by atoms with Crippen LogP contribution in [0, 0.1) is 0 Å². The van der Waals surface area contributed by atoms with Gasteiger partial charge >= 0.3 is 6.18 Å². The van der Waals surface area contributed by atoms with Crippen molar-refractivity contribution in [3.8, 4) is 17.1 Å². The van der Waals surface area contributed by atoms with Gasteiger partial charge in [0.15, 0.2) is 5.13 Å². The second-order valence-corrected chi connectivity index (χ2v) is 11.7. The van der Waals surface area contributed by atoms with E-state index in [1.807, 2.05) is 0 Å². The summed E-state index contributed by atoms with van der Waals surface area (Å²) >= 11 is 0.999. The zero-order chi connectivity index (χ0) is 27.0. The van der Waals surface area contributed by atoms with Crippen LogP contribution < -0.4 is 14.8 Å². The lowest BCUT2D eigenvalue weighted by Crippen LogP contribution is -2.35. The summed E-state index contributed by atoms with van der Waals surface area (Å²) in [5.41, 5.74) is -2.32. The van der Waals surface area contributed by atoms with E-state index >= 15 is 0 Å². The van der Waals surface area contributed by atoms with Crippen molar-refractivity contribution in [2.75, 3.05) is 16.6 Å². The first-order valence-corrected chi connectivity index (χ1v) is 13.7. The topological polar surface area (TPSA) is 123 Å². The Kier molecular flexibility index (Phi) is 7.16. The van der Waals surface area contributed by atoms with Crippen LogP contribution in [0.3, 0.4) is 0 Å². The van der Waals surface area contributed by atoms with Crippen LogP contribution in [0.25, 0.3) is 11.3 Å². The fourth-order valence-electron chi connectivity index (χ4n) is 3.34. The second-order valence-electron chi connectivity index (χ2n) is 8.90. The molecule has 0 atom stereocenters. The fourth-order valence-corrected chi connectivity index (χ4v) is 5.81. The van der Waals surface area contributed by atoms with Gasteiger partial charge in [0.25, 0.3) is 0 Å². The molecule has 0 spiro atoms.